The second-order valence-corrected chi connectivity index (χ2v) is 7.34. The number of aromatic nitrogens is 2. The maximum absolute atomic E-state index is 13.1. The van der Waals surface area contributed by atoms with E-state index in [9.17, 15) is 9.59 Å². The van der Waals surface area contributed by atoms with Gasteiger partial charge in [0, 0.05) is 32.0 Å². The van der Waals surface area contributed by atoms with Gasteiger partial charge in [0.1, 0.15) is 5.56 Å². The average Bonchev–Trinajstić information content (AvgIpc) is 3.29. The van der Waals surface area contributed by atoms with Crippen molar-refractivity contribution in [1.82, 2.24) is 19.8 Å². The van der Waals surface area contributed by atoms with E-state index in [0.29, 0.717) is 50.7 Å². The van der Waals surface area contributed by atoms with Crippen LogP contribution >= 0.6 is 0 Å². The average molecular weight is 380 g/mol. The molecule has 2 aromatic rings. The molecular formula is C21H24N4O3. The Morgan fingerprint density at radius 1 is 1.14 bits per heavy atom. The highest BCUT2D eigenvalue weighted by atomic mass is 16.5. The van der Waals surface area contributed by atoms with E-state index in [-0.39, 0.29) is 11.8 Å². The molecule has 0 saturated carbocycles. The third-order valence-electron chi connectivity index (χ3n) is 5.60. The van der Waals surface area contributed by atoms with Gasteiger partial charge >= 0.3 is 0 Å². The number of carbonyl (C=O) groups is 2. The summed E-state index contributed by atoms with van der Waals surface area (Å²) in [6, 6.07) is 9.19. The molecule has 2 aliphatic rings. The highest BCUT2D eigenvalue weighted by Crippen LogP contribution is 2.41. The minimum Gasteiger partial charge on any atom is -0.477 e. The van der Waals surface area contributed by atoms with Crippen molar-refractivity contribution in [2.75, 3.05) is 26.2 Å². The number of hydrogen-bond donors (Lipinski definition) is 0. The van der Waals surface area contributed by atoms with E-state index in [4.69, 9.17) is 4.74 Å². The molecule has 28 heavy (non-hydrogen) atoms. The van der Waals surface area contributed by atoms with Crippen LogP contribution in [0.5, 0.6) is 5.88 Å². The predicted octanol–water partition coefficient (Wildman–Crippen LogP) is 2.14. The minimum atomic E-state index is -0.474. The minimum absolute atomic E-state index is 0.121. The summed E-state index contributed by atoms with van der Waals surface area (Å²) in [4.78, 5) is 38.3. The van der Waals surface area contributed by atoms with E-state index in [1.807, 2.05) is 30.0 Å². The Kier molecular flexibility index (Phi) is 4.98. The monoisotopic (exact) mass is 380 g/mol. The van der Waals surface area contributed by atoms with Gasteiger partial charge in [-0.15, -0.1) is 0 Å². The molecule has 4 heterocycles. The van der Waals surface area contributed by atoms with Gasteiger partial charge in [-0.05, 0) is 44.0 Å². The van der Waals surface area contributed by atoms with Crippen LogP contribution in [-0.4, -0.2) is 57.8 Å². The molecule has 1 atom stereocenters. The second kappa shape index (κ2) is 7.58. The largest absolute Gasteiger partial charge is 0.477 e. The van der Waals surface area contributed by atoms with Crippen molar-refractivity contribution in [1.29, 1.82) is 0 Å². The summed E-state index contributed by atoms with van der Waals surface area (Å²) >= 11 is 0. The van der Waals surface area contributed by atoms with E-state index in [1.54, 1.807) is 29.4 Å². The van der Waals surface area contributed by atoms with Gasteiger partial charge in [0.05, 0.1) is 24.3 Å². The highest BCUT2D eigenvalue weighted by Gasteiger charge is 2.51. The Hall–Kier alpha value is -2.96. The maximum atomic E-state index is 13.1. The third-order valence-corrected chi connectivity index (χ3v) is 5.60. The van der Waals surface area contributed by atoms with Crippen molar-refractivity contribution < 1.29 is 14.3 Å². The fourth-order valence-corrected chi connectivity index (χ4v) is 4.13. The van der Waals surface area contributed by atoms with Crippen LogP contribution in [0, 0.1) is 5.41 Å². The molecule has 1 unspecified atom stereocenters. The summed E-state index contributed by atoms with van der Waals surface area (Å²) in [5, 5.41) is 0. The standard InChI is InChI=1S/C21H24N4O3/c1-2-28-18-17(7-5-11-23-18)19(26)25-13-9-21(15-25)8-12-24(20(21)27)14-16-6-3-4-10-22-16/h3-7,10-11H,2,8-9,12-15H2,1H3. The van der Waals surface area contributed by atoms with Crippen molar-refractivity contribution >= 4 is 11.8 Å². The molecule has 0 radical (unpaired) electrons. The van der Waals surface area contributed by atoms with E-state index in [2.05, 4.69) is 9.97 Å². The molecule has 0 aromatic carbocycles. The van der Waals surface area contributed by atoms with Gasteiger partial charge in [-0.25, -0.2) is 4.98 Å². The van der Waals surface area contributed by atoms with Gasteiger partial charge in [-0.1, -0.05) is 6.07 Å². The van der Waals surface area contributed by atoms with Crippen LogP contribution in [0.1, 0.15) is 35.8 Å². The van der Waals surface area contributed by atoms with E-state index in [0.717, 1.165) is 12.1 Å². The first-order chi connectivity index (χ1) is 13.6. The van der Waals surface area contributed by atoms with Crippen LogP contribution < -0.4 is 4.74 Å². The Morgan fingerprint density at radius 3 is 2.75 bits per heavy atom. The normalized spacial score (nSPS) is 21.5. The zero-order valence-corrected chi connectivity index (χ0v) is 16.0. The summed E-state index contributed by atoms with van der Waals surface area (Å²) < 4.78 is 5.50. The van der Waals surface area contributed by atoms with Crippen molar-refractivity contribution in [3.05, 3.63) is 54.0 Å². The zero-order valence-electron chi connectivity index (χ0n) is 16.0. The van der Waals surface area contributed by atoms with Crippen molar-refractivity contribution in [2.24, 2.45) is 5.41 Å². The third kappa shape index (κ3) is 3.32. The van der Waals surface area contributed by atoms with E-state index < -0.39 is 5.41 Å². The molecule has 0 N–H and O–H groups in total. The van der Waals surface area contributed by atoms with Crippen LogP contribution in [0.4, 0.5) is 0 Å². The summed E-state index contributed by atoms with van der Waals surface area (Å²) in [7, 11) is 0. The van der Waals surface area contributed by atoms with Crippen molar-refractivity contribution in [2.45, 2.75) is 26.3 Å². The van der Waals surface area contributed by atoms with E-state index in [1.165, 1.54) is 0 Å². The summed E-state index contributed by atoms with van der Waals surface area (Å²) in [5.41, 5.74) is 0.867. The van der Waals surface area contributed by atoms with E-state index >= 15 is 0 Å². The van der Waals surface area contributed by atoms with Crippen molar-refractivity contribution in [3.63, 3.8) is 0 Å². The highest BCUT2D eigenvalue weighted by molar-refractivity contribution is 5.97. The molecule has 2 fully saturated rings. The number of pyridine rings is 2. The Labute approximate surface area is 164 Å². The van der Waals surface area contributed by atoms with Crippen LogP contribution in [0.15, 0.2) is 42.7 Å². The Balaban J connectivity index is 1.46. The molecule has 2 amide bonds. The number of nitrogens with zero attached hydrogens (tertiary/aromatic N) is 4. The van der Waals surface area contributed by atoms with Crippen LogP contribution in [0.3, 0.4) is 0 Å². The maximum Gasteiger partial charge on any atom is 0.259 e. The fraction of sp³-hybridized carbons (Fsp3) is 0.429. The summed E-state index contributed by atoms with van der Waals surface area (Å²) in [6.45, 7) is 4.55. The number of carbonyl (C=O) groups excluding carboxylic acids is 2. The zero-order chi connectivity index (χ0) is 19.6. The molecule has 146 valence electrons. The van der Waals surface area contributed by atoms with Crippen molar-refractivity contribution in [3.8, 4) is 5.88 Å². The first kappa shape index (κ1) is 18.4. The van der Waals surface area contributed by atoms with Crippen LogP contribution in [0.25, 0.3) is 0 Å². The molecule has 2 aliphatic heterocycles. The molecule has 0 bridgehead atoms. The topological polar surface area (TPSA) is 75.6 Å². The predicted molar refractivity (Wildman–Crippen MR) is 103 cm³/mol. The van der Waals surface area contributed by atoms with Gasteiger partial charge in [0.25, 0.3) is 5.91 Å². The molecule has 2 aromatic heterocycles. The lowest BCUT2D eigenvalue weighted by Gasteiger charge is -2.24. The molecule has 0 aliphatic carbocycles. The molecule has 2 saturated heterocycles. The molecule has 1 spiro atoms. The molecular weight excluding hydrogens is 356 g/mol. The number of ether oxygens (including phenoxy) is 1. The lowest BCUT2D eigenvalue weighted by atomic mass is 9.85. The lowest BCUT2D eigenvalue weighted by Crippen LogP contribution is -2.38. The number of rotatable bonds is 5. The smallest absolute Gasteiger partial charge is 0.259 e. The number of likely N-dealkylation sites (tertiary alicyclic amines) is 2. The van der Waals surface area contributed by atoms with Gasteiger partial charge in [0.2, 0.25) is 11.8 Å². The quantitative estimate of drug-likeness (QED) is 0.794. The number of hydrogen-bond acceptors (Lipinski definition) is 5. The summed E-state index contributed by atoms with van der Waals surface area (Å²) in [6.07, 6.45) is 4.82. The van der Waals surface area contributed by atoms with Gasteiger partial charge in [0.15, 0.2) is 0 Å². The molecule has 7 heteroatoms. The summed E-state index contributed by atoms with van der Waals surface area (Å²) in [5.74, 6) is 0.361. The SMILES string of the molecule is CCOc1ncccc1C(=O)N1CCC2(CCN(Cc3ccccn3)C2=O)C1. The Morgan fingerprint density at radius 2 is 1.96 bits per heavy atom. The van der Waals surface area contributed by atoms with Gasteiger partial charge in [-0.2, -0.15) is 0 Å². The second-order valence-electron chi connectivity index (χ2n) is 7.34. The first-order valence-corrected chi connectivity index (χ1v) is 9.69. The van der Waals surface area contributed by atoms with Gasteiger partial charge in [-0.3, -0.25) is 14.6 Å². The fourth-order valence-electron chi connectivity index (χ4n) is 4.13. The van der Waals surface area contributed by atoms with Crippen LogP contribution in [0.2, 0.25) is 0 Å². The lowest BCUT2D eigenvalue weighted by molar-refractivity contribution is -0.135. The van der Waals surface area contributed by atoms with Gasteiger partial charge < -0.3 is 14.5 Å². The molecule has 4 rings (SSSR count). The first-order valence-electron chi connectivity index (χ1n) is 9.69. The van der Waals surface area contributed by atoms with Crippen LogP contribution in [-0.2, 0) is 11.3 Å². The number of amides is 2. The molecule has 7 nitrogen and oxygen atoms in total. The Bertz CT molecular complexity index is 873.